The lowest BCUT2D eigenvalue weighted by molar-refractivity contribution is -0.185. The highest BCUT2D eigenvalue weighted by atomic mass is 16.7. The van der Waals surface area contributed by atoms with Gasteiger partial charge in [-0.15, -0.1) is 0 Å². The zero-order valence-corrected chi connectivity index (χ0v) is 14.8. The van der Waals surface area contributed by atoms with E-state index in [-0.39, 0.29) is 30.9 Å². The molecule has 1 aromatic carbocycles. The molecule has 2 heterocycles. The van der Waals surface area contributed by atoms with Crippen LogP contribution in [0.3, 0.4) is 0 Å². The average molecular weight is 348 g/mol. The number of ether oxygens (including phenoxy) is 2. The molecular weight excluding hydrogens is 320 g/mol. The number of likely N-dealkylation sites (N-methyl/N-ethyl adjacent to an activating group) is 1. The van der Waals surface area contributed by atoms with E-state index in [1.807, 2.05) is 30.3 Å². The van der Waals surface area contributed by atoms with Crippen LogP contribution in [0.15, 0.2) is 30.3 Å². The highest BCUT2D eigenvalue weighted by Gasteiger charge is 2.39. The largest absolute Gasteiger partial charge is 0.394 e. The predicted molar refractivity (Wildman–Crippen MR) is 93.9 cm³/mol. The molecule has 1 aromatic rings. The summed E-state index contributed by atoms with van der Waals surface area (Å²) in [6.07, 6.45) is 3.47. The summed E-state index contributed by atoms with van der Waals surface area (Å²) < 4.78 is 11.7. The van der Waals surface area contributed by atoms with Crippen LogP contribution in [0.1, 0.15) is 37.3 Å². The lowest BCUT2D eigenvalue weighted by Gasteiger charge is -2.28. The Hall–Kier alpha value is -1.47. The molecule has 138 valence electrons. The molecule has 4 atom stereocenters. The van der Waals surface area contributed by atoms with Crippen LogP contribution >= 0.6 is 0 Å². The third-order valence-electron chi connectivity index (χ3n) is 5.02. The van der Waals surface area contributed by atoms with Crippen molar-refractivity contribution in [3.8, 4) is 0 Å². The van der Waals surface area contributed by atoms with Gasteiger partial charge < -0.3 is 24.8 Å². The maximum Gasteiger partial charge on any atom is 0.244 e. The fraction of sp³-hybridized carbons (Fsp3) is 0.632. The molecule has 0 aliphatic carbocycles. The average Bonchev–Trinajstić information content (AvgIpc) is 3.07. The predicted octanol–water partition coefficient (Wildman–Crippen LogP) is 1.45. The SMILES string of the molecule is CN[C@H](C(=O)N1CC(OC2CCCCO2)C[C@H]1CO)c1ccccc1. The highest BCUT2D eigenvalue weighted by Crippen LogP contribution is 2.27. The molecule has 1 amide bonds. The molecule has 0 radical (unpaired) electrons. The molecule has 6 heteroatoms. The molecule has 0 saturated carbocycles. The summed E-state index contributed by atoms with van der Waals surface area (Å²) in [6.45, 7) is 1.18. The van der Waals surface area contributed by atoms with Crippen molar-refractivity contribution in [2.24, 2.45) is 0 Å². The number of amides is 1. The van der Waals surface area contributed by atoms with E-state index in [2.05, 4.69) is 5.32 Å². The molecule has 2 aliphatic heterocycles. The van der Waals surface area contributed by atoms with E-state index in [4.69, 9.17) is 9.47 Å². The number of hydrogen-bond donors (Lipinski definition) is 2. The zero-order valence-electron chi connectivity index (χ0n) is 14.8. The smallest absolute Gasteiger partial charge is 0.244 e. The second kappa shape index (κ2) is 8.76. The highest BCUT2D eigenvalue weighted by molar-refractivity contribution is 5.84. The van der Waals surface area contributed by atoms with Crippen LogP contribution in [0.2, 0.25) is 0 Å². The van der Waals surface area contributed by atoms with E-state index in [9.17, 15) is 9.90 Å². The molecule has 0 spiro atoms. The molecule has 2 unspecified atom stereocenters. The quantitative estimate of drug-likeness (QED) is 0.814. The number of aliphatic hydroxyl groups excluding tert-OH is 1. The summed E-state index contributed by atoms with van der Waals surface area (Å²) in [4.78, 5) is 14.8. The minimum absolute atomic E-state index is 0.0246. The number of carbonyl (C=O) groups excluding carboxylic acids is 1. The maximum absolute atomic E-state index is 13.0. The van der Waals surface area contributed by atoms with Crippen LogP contribution in [0.25, 0.3) is 0 Å². The van der Waals surface area contributed by atoms with Crippen molar-refractivity contribution in [2.75, 3.05) is 26.8 Å². The minimum atomic E-state index is -0.417. The van der Waals surface area contributed by atoms with Crippen molar-refractivity contribution in [3.63, 3.8) is 0 Å². The number of rotatable bonds is 6. The van der Waals surface area contributed by atoms with Gasteiger partial charge in [0.1, 0.15) is 6.04 Å². The monoisotopic (exact) mass is 348 g/mol. The van der Waals surface area contributed by atoms with Gasteiger partial charge in [-0.1, -0.05) is 30.3 Å². The zero-order chi connectivity index (χ0) is 17.6. The molecule has 6 nitrogen and oxygen atoms in total. The van der Waals surface area contributed by atoms with Gasteiger partial charge in [-0.05, 0) is 38.3 Å². The van der Waals surface area contributed by atoms with Gasteiger partial charge in [-0.25, -0.2) is 0 Å². The third kappa shape index (κ3) is 4.39. The van der Waals surface area contributed by atoms with Crippen molar-refractivity contribution in [1.82, 2.24) is 10.2 Å². The maximum atomic E-state index is 13.0. The van der Waals surface area contributed by atoms with Crippen molar-refractivity contribution in [2.45, 2.75) is 50.2 Å². The molecule has 0 bridgehead atoms. The van der Waals surface area contributed by atoms with Crippen LogP contribution in [0, 0.1) is 0 Å². The molecule has 25 heavy (non-hydrogen) atoms. The van der Waals surface area contributed by atoms with Crippen LogP contribution < -0.4 is 5.32 Å². The summed E-state index contributed by atoms with van der Waals surface area (Å²) in [5, 5.41) is 12.8. The van der Waals surface area contributed by atoms with E-state index >= 15 is 0 Å². The molecule has 3 rings (SSSR count). The van der Waals surface area contributed by atoms with Crippen LogP contribution in [0.5, 0.6) is 0 Å². The Morgan fingerprint density at radius 3 is 2.84 bits per heavy atom. The normalized spacial score (nSPS) is 28.1. The van der Waals surface area contributed by atoms with Crippen molar-refractivity contribution < 1.29 is 19.4 Å². The first kappa shape index (κ1) is 18.3. The van der Waals surface area contributed by atoms with Gasteiger partial charge >= 0.3 is 0 Å². The standard InChI is InChI=1S/C19H28N2O4/c1-20-18(14-7-3-2-4-8-14)19(23)21-12-16(11-15(21)13-22)25-17-9-5-6-10-24-17/h2-4,7-8,15-18,20,22H,5-6,9-13H2,1H3/t15-,16?,17?,18-/m0/s1. The topological polar surface area (TPSA) is 71.0 Å². The summed E-state index contributed by atoms with van der Waals surface area (Å²) in [5.41, 5.74) is 0.923. The Labute approximate surface area is 149 Å². The summed E-state index contributed by atoms with van der Waals surface area (Å²) in [5.74, 6) is -0.0246. The minimum Gasteiger partial charge on any atom is -0.394 e. The summed E-state index contributed by atoms with van der Waals surface area (Å²) in [6, 6.07) is 9.03. The fourth-order valence-electron chi connectivity index (χ4n) is 3.69. The molecule has 2 N–H and O–H groups in total. The number of hydrogen-bond acceptors (Lipinski definition) is 5. The molecule has 0 aromatic heterocycles. The first-order chi connectivity index (χ1) is 12.2. The van der Waals surface area contributed by atoms with Crippen molar-refractivity contribution in [1.29, 1.82) is 0 Å². The van der Waals surface area contributed by atoms with Crippen molar-refractivity contribution >= 4 is 5.91 Å². The van der Waals surface area contributed by atoms with E-state index < -0.39 is 6.04 Å². The lowest BCUT2D eigenvalue weighted by Crippen LogP contribution is -2.44. The van der Waals surface area contributed by atoms with Crippen LogP contribution in [-0.4, -0.2) is 61.2 Å². The number of likely N-dealkylation sites (tertiary alicyclic amines) is 1. The van der Waals surface area contributed by atoms with Gasteiger partial charge in [0.05, 0.1) is 18.8 Å². The van der Waals surface area contributed by atoms with E-state index in [0.717, 1.165) is 31.4 Å². The number of carbonyl (C=O) groups is 1. The Kier molecular flexibility index (Phi) is 6.42. The van der Waals surface area contributed by atoms with E-state index in [0.29, 0.717) is 13.0 Å². The third-order valence-corrected chi connectivity index (χ3v) is 5.02. The van der Waals surface area contributed by atoms with Crippen LogP contribution in [-0.2, 0) is 14.3 Å². The second-order valence-corrected chi connectivity index (χ2v) is 6.75. The van der Waals surface area contributed by atoms with E-state index in [1.165, 1.54) is 0 Å². The Balaban J connectivity index is 1.66. The van der Waals surface area contributed by atoms with Crippen LogP contribution in [0.4, 0.5) is 0 Å². The molecule has 2 aliphatic rings. The summed E-state index contributed by atoms with van der Waals surface area (Å²) >= 11 is 0. The number of benzene rings is 1. The Morgan fingerprint density at radius 2 is 2.20 bits per heavy atom. The first-order valence-electron chi connectivity index (χ1n) is 9.13. The second-order valence-electron chi connectivity index (χ2n) is 6.75. The van der Waals surface area contributed by atoms with Gasteiger partial charge in [-0.2, -0.15) is 0 Å². The lowest BCUT2D eigenvalue weighted by atomic mass is 10.1. The summed E-state index contributed by atoms with van der Waals surface area (Å²) in [7, 11) is 1.78. The molecule has 2 saturated heterocycles. The van der Waals surface area contributed by atoms with Gasteiger partial charge in [0, 0.05) is 13.2 Å². The van der Waals surface area contributed by atoms with Crippen molar-refractivity contribution in [3.05, 3.63) is 35.9 Å². The van der Waals surface area contributed by atoms with Gasteiger partial charge in [0.25, 0.3) is 0 Å². The number of nitrogens with zero attached hydrogens (tertiary/aromatic N) is 1. The van der Waals surface area contributed by atoms with Gasteiger partial charge in [-0.3, -0.25) is 4.79 Å². The molecular formula is C19H28N2O4. The molecule has 2 fully saturated rings. The van der Waals surface area contributed by atoms with E-state index in [1.54, 1.807) is 11.9 Å². The Morgan fingerprint density at radius 1 is 1.40 bits per heavy atom. The van der Waals surface area contributed by atoms with Gasteiger partial charge in [0.2, 0.25) is 5.91 Å². The fourth-order valence-corrected chi connectivity index (χ4v) is 3.69. The number of nitrogens with one attached hydrogen (secondary N) is 1. The first-order valence-corrected chi connectivity index (χ1v) is 9.13. The van der Waals surface area contributed by atoms with Gasteiger partial charge in [0.15, 0.2) is 6.29 Å². The Bertz CT molecular complexity index is 548. The number of aliphatic hydroxyl groups is 1.